The molecule has 1 atom stereocenters. The first-order valence-corrected chi connectivity index (χ1v) is 8.90. The number of nitrogens with zero attached hydrogens (tertiary/aromatic N) is 4. The maximum atomic E-state index is 13.2. The van der Waals surface area contributed by atoms with Crippen molar-refractivity contribution >= 4 is 30.7 Å². The molecule has 9 heteroatoms. The van der Waals surface area contributed by atoms with E-state index in [9.17, 15) is 4.79 Å². The van der Waals surface area contributed by atoms with Gasteiger partial charge in [-0.15, -0.1) is 24.8 Å². The third kappa shape index (κ3) is 5.06. The number of imidazole rings is 1. The molecule has 0 spiro atoms. The van der Waals surface area contributed by atoms with Crippen LogP contribution in [0.3, 0.4) is 0 Å². The van der Waals surface area contributed by atoms with Gasteiger partial charge in [0.2, 0.25) is 0 Å². The number of hydrogen-bond acceptors (Lipinski definition) is 5. The highest BCUT2D eigenvalue weighted by atomic mass is 35.5. The summed E-state index contributed by atoms with van der Waals surface area (Å²) in [6.07, 6.45) is 5.24. The number of carbonyl (C=O) groups excluding carboxylic acids is 1. The van der Waals surface area contributed by atoms with Crippen LogP contribution in [0.4, 0.5) is 0 Å². The van der Waals surface area contributed by atoms with Crippen LogP contribution in [0, 0.1) is 0 Å². The Morgan fingerprint density at radius 3 is 2.62 bits per heavy atom. The molecule has 1 N–H and O–H groups in total. The van der Waals surface area contributed by atoms with Crippen LogP contribution in [0.15, 0.2) is 61.1 Å². The second-order valence-corrected chi connectivity index (χ2v) is 6.41. The van der Waals surface area contributed by atoms with Crippen molar-refractivity contribution in [3.63, 3.8) is 0 Å². The molecule has 2 aromatic heterocycles. The number of benzene rings is 1. The summed E-state index contributed by atoms with van der Waals surface area (Å²) in [5, 5.41) is 3.34. The SMILES string of the molecule is Cl.Cl.Cn1ccnc1C1CNCCN1C(=O)c1cc(Oc2ccccc2)ccn1. The molecule has 1 aliphatic heterocycles. The molecule has 1 amide bonds. The monoisotopic (exact) mass is 435 g/mol. The molecular formula is C20H23Cl2N5O2. The lowest BCUT2D eigenvalue weighted by molar-refractivity contribution is 0.0614. The number of aryl methyl sites for hydroxylation is 1. The fourth-order valence-electron chi connectivity index (χ4n) is 3.24. The maximum absolute atomic E-state index is 13.2. The van der Waals surface area contributed by atoms with Gasteiger partial charge in [0.15, 0.2) is 0 Å². The van der Waals surface area contributed by atoms with E-state index in [4.69, 9.17) is 4.74 Å². The molecule has 154 valence electrons. The predicted molar refractivity (Wildman–Crippen MR) is 115 cm³/mol. The van der Waals surface area contributed by atoms with E-state index in [2.05, 4.69) is 15.3 Å². The molecule has 1 aliphatic rings. The highest BCUT2D eigenvalue weighted by molar-refractivity contribution is 5.93. The number of aromatic nitrogens is 3. The van der Waals surface area contributed by atoms with Gasteiger partial charge in [-0.25, -0.2) is 4.98 Å². The molecule has 3 aromatic rings. The summed E-state index contributed by atoms with van der Waals surface area (Å²) in [4.78, 5) is 23.7. The summed E-state index contributed by atoms with van der Waals surface area (Å²) < 4.78 is 7.78. The van der Waals surface area contributed by atoms with Gasteiger partial charge in [0.05, 0.1) is 0 Å². The Bertz CT molecular complexity index is 935. The Hall–Kier alpha value is -2.61. The van der Waals surface area contributed by atoms with E-state index in [1.807, 2.05) is 53.0 Å². The summed E-state index contributed by atoms with van der Waals surface area (Å²) in [5.74, 6) is 2.04. The van der Waals surface area contributed by atoms with Crippen LogP contribution in [-0.2, 0) is 7.05 Å². The largest absolute Gasteiger partial charge is 0.457 e. The fraction of sp³-hybridized carbons (Fsp3) is 0.250. The number of ether oxygens (including phenoxy) is 1. The summed E-state index contributed by atoms with van der Waals surface area (Å²) in [5.41, 5.74) is 0.365. The van der Waals surface area contributed by atoms with E-state index in [-0.39, 0.29) is 36.8 Å². The zero-order valence-electron chi connectivity index (χ0n) is 15.9. The summed E-state index contributed by atoms with van der Waals surface area (Å²) in [6.45, 7) is 2.01. The Morgan fingerprint density at radius 1 is 1.10 bits per heavy atom. The minimum Gasteiger partial charge on any atom is -0.457 e. The molecule has 0 saturated carbocycles. The standard InChI is InChI=1S/C20H21N5O2.2ClH/c1-24-11-10-23-19(24)18-14-21-9-12-25(18)20(26)17-13-16(7-8-22-17)27-15-5-3-2-4-6-15;;/h2-8,10-11,13,18,21H,9,12,14H2,1H3;2*1H. The van der Waals surface area contributed by atoms with Gasteiger partial charge >= 0.3 is 0 Å². The molecule has 0 aliphatic carbocycles. The third-order valence-corrected chi connectivity index (χ3v) is 4.59. The van der Waals surface area contributed by atoms with Gasteiger partial charge in [-0.2, -0.15) is 0 Å². The zero-order valence-corrected chi connectivity index (χ0v) is 17.5. The van der Waals surface area contributed by atoms with E-state index in [0.29, 0.717) is 24.5 Å². The number of piperazine rings is 1. The van der Waals surface area contributed by atoms with Gasteiger partial charge in [-0.3, -0.25) is 9.78 Å². The maximum Gasteiger partial charge on any atom is 0.273 e. The lowest BCUT2D eigenvalue weighted by Crippen LogP contribution is -2.49. The minimum absolute atomic E-state index is 0. The third-order valence-electron chi connectivity index (χ3n) is 4.59. The highest BCUT2D eigenvalue weighted by Gasteiger charge is 2.31. The number of nitrogens with one attached hydrogen (secondary N) is 1. The second-order valence-electron chi connectivity index (χ2n) is 6.41. The molecule has 7 nitrogen and oxygen atoms in total. The van der Waals surface area contributed by atoms with E-state index in [1.165, 1.54) is 0 Å². The quantitative estimate of drug-likeness (QED) is 0.680. The van der Waals surface area contributed by atoms with Crippen LogP contribution in [0.2, 0.25) is 0 Å². The highest BCUT2D eigenvalue weighted by Crippen LogP contribution is 2.25. The van der Waals surface area contributed by atoms with Gasteiger partial charge in [-0.05, 0) is 18.2 Å². The molecule has 0 radical (unpaired) electrons. The van der Waals surface area contributed by atoms with Crippen molar-refractivity contribution in [3.8, 4) is 11.5 Å². The Balaban J connectivity index is 0.00000150. The number of hydrogen-bond donors (Lipinski definition) is 1. The smallest absolute Gasteiger partial charge is 0.273 e. The zero-order chi connectivity index (χ0) is 18.6. The lowest BCUT2D eigenvalue weighted by Gasteiger charge is -2.35. The molecule has 1 fully saturated rings. The Kier molecular flexibility index (Phi) is 8.01. The van der Waals surface area contributed by atoms with Crippen molar-refractivity contribution < 1.29 is 9.53 Å². The van der Waals surface area contributed by atoms with Crippen molar-refractivity contribution in [1.29, 1.82) is 0 Å². The molecule has 1 unspecified atom stereocenters. The number of halogens is 2. The Labute approximate surface area is 181 Å². The first-order chi connectivity index (χ1) is 13.2. The molecule has 1 saturated heterocycles. The van der Waals surface area contributed by atoms with Crippen LogP contribution < -0.4 is 10.1 Å². The lowest BCUT2D eigenvalue weighted by atomic mass is 10.1. The van der Waals surface area contributed by atoms with Crippen molar-refractivity contribution in [2.75, 3.05) is 19.6 Å². The number of rotatable bonds is 4. The topological polar surface area (TPSA) is 72.3 Å². The number of amides is 1. The molecule has 4 rings (SSSR count). The van der Waals surface area contributed by atoms with E-state index in [1.54, 1.807) is 24.5 Å². The van der Waals surface area contributed by atoms with Crippen LogP contribution in [-0.4, -0.2) is 45.0 Å². The minimum atomic E-state index is -0.133. The van der Waals surface area contributed by atoms with Crippen molar-refractivity contribution in [1.82, 2.24) is 24.8 Å². The average molecular weight is 436 g/mol. The average Bonchev–Trinajstić information content (AvgIpc) is 3.14. The van der Waals surface area contributed by atoms with E-state index >= 15 is 0 Å². The molecule has 3 heterocycles. The fourth-order valence-corrected chi connectivity index (χ4v) is 3.24. The van der Waals surface area contributed by atoms with E-state index in [0.717, 1.165) is 18.1 Å². The number of para-hydroxylation sites is 1. The molecule has 1 aromatic carbocycles. The van der Waals surface area contributed by atoms with Gasteiger partial charge in [0, 0.05) is 51.3 Å². The van der Waals surface area contributed by atoms with Crippen molar-refractivity contribution in [2.24, 2.45) is 7.05 Å². The van der Waals surface area contributed by atoms with Gasteiger partial charge in [0.25, 0.3) is 5.91 Å². The molecule has 29 heavy (non-hydrogen) atoms. The number of carbonyl (C=O) groups is 1. The van der Waals surface area contributed by atoms with Crippen molar-refractivity contribution in [2.45, 2.75) is 6.04 Å². The van der Waals surface area contributed by atoms with Crippen LogP contribution >= 0.6 is 24.8 Å². The van der Waals surface area contributed by atoms with Crippen LogP contribution in [0.25, 0.3) is 0 Å². The van der Waals surface area contributed by atoms with Gasteiger partial charge < -0.3 is 19.5 Å². The molecule has 0 bridgehead atoms. The van der Waals surface area contributed by atoms with Crippen LogP contribution in [0.1, 0.15) is 22.4 Å². The molecular weight excluding hydrogens is 413 g/mol. The summed E-state index contributed by atoms with van der Waals surface area (Å²) in [7, 11) is 1.94. The van der Waals surface area contributed by atoms with Gasteiger partial charge in [0.1, 0.15) is 29.1 Å². The van der Waals surface area contributed by atoms with E-state index < -0.39 is 0 Å². The Morgan fingerprint density at radius 2 is 1.90 bits per heavy atom. The predicted octanol–water partition coefficient (Wildman–Crippen LogP) is 3.24. The first-order valence-electron chi connectivity index (χ1n) is 8.90. The normalized spacial score (nSPS) is 15.8. The summed E-state index contributed by atoms with van der Waals surface area (Å²) >= 11 is 0. The van der Waals surface area contributed by atoms with Crippen LogP contribution in [0.5, 0.6) is 11.5 Å². The summed E-state index contributed by atoms with van der Waals surface area (Å²) in [6, 6.07) is 12.8. The first kappa shape index (κ1) is 22.7. The second kappa shape index (κ2) is 10.2. The number of pyridine rings is 1. The van der Waals surface area contributed by atoms with Gasteiger partial charge in [-0.1, -0.05) is 18.2 Å². The van der Waals surface area contributed by atoms with Crippen molar-refractivity contribution in [3.05, 3.63) is 72.6 Å².